The zero-order valence-corrected chi connectivity index (χ0v) is 9.61. The zero-order valence-electron chi connectivity index (χ0n) is 9.61. The molecule has 7 nitrogen and oxygen atoms in total. The molecule has 0 bridgehead atoms. The van der Waals surface area contributed by atoms with Gasteiger partial charge in [0, 0.05) is 12.7 Å². The number of anilines is 2. The Morgan fingerprint density at radius 3 is 2.78 bits per heavy atom. The second-order valence-corrected chi connectivity index (χ2v) is 3.69. The largest absolute Gasteiger partial charge is 0.326 e. The summed E-state index contributed by atoms with van der Waals surface area (Å²) in [6, 6.07) is 9.91. The third-order valence-electron chi connectivity index (χ3n) is 2.28. The van der Waals surface area contributed by atoms with Crippen LogP contribution >= 0.6 is 0 Å². The van der Waals surface area contributed by atoms with Crippen LogP contribution in [-0.2, 0) is 7.05 Å². The van der Waals surface area contributed by atoms with Gasteiger partial charge in [0.25, 0.3) is 0 Å². The van der Waals surface area contributed by atoms with Crippen molar-refractivity contribution in [2.75, 3.05) is 5.32 Å². The van der Waals surface area contributed by atoms with Crippen molar-refractivity contribution < 1.29 is 4.52 Å². The summed E-state index contributed by atoms with van der Waals surface area (Å²) in [5.41, 5.74) is 1.45. The highest BCUT2D eigenvalue weighted by atomic mass is 16.5. The molecular formula is C11H10N6O. The lowest BCUT2D eigenvalue weighted by molar-refractivity contribution is 0.435. The molecule has 2 aromatic heterocycles. The number of aryl methyl sites for hydroxylation is 1. The Morgan fingerprint density at radius 1 is 1.22 bits per heavy atom. The second kappa shape index (κ2) is 4.28. The van der Waals surface area contributed by atoms with Gasteiger partial charge in [0.2, 0.25) is 5.82 Å². The van der Waals surface area contributed by atoms with Crippen molar-refractivity contribution in [1.29, 1.82) is 0 Å². The van der Waals surface area contributed by atoms with Crippen molar-refractivity contribution in [3.8, 4) is 11.5 Å². The molecule has 0 aliphatic carbocycles. The van der Waals surface area contributed by atoms with Crippen LogP contribution in [0.3, 0.4) is 0 Å². The second-order valence-electron chi connectivity index (χ2n) is 3.69. The fraction of sp³-hybridized carbons (Fsp3) is 0.0909. The Kier molecular flexibility index (Phi) is 2.49. The van der Waals surface area contributed by atoms with Crippen molar-refractivity contribution in [2.45, 2.75) is 0 Å². The Morgan fingerprint density at radius 2 is 2.06 bits per heavy atom. The maximum Gasteiger partial charge on any atom is 0.326 e. The van der Waals surface area contributed by atoms with Crippen LogP contribution in [0.5, 0.6) is 0 Å². The van der Waals surface area contributed by atoms with Crippen LogP contribution in [0, 0.1) is 0 Å². The van der Waals surface area contributed by atoms with E-state index < -0.39 is 0 Å². The number of para-hydroxylation sites is 1. The first-order chi connectivity index (χ1) is 8.81. The van der Waals surface area contributed by atoms with Crippen molar-refractivity contribution in [3.05, 3.63) is 36.5 Å². The number of hydrogen-bond acceptors (Lipinski definition) is 6. The first kappa shape index (κ1) is 10.5. The summed E-state index contributed by atoms with van der Waals surface area (Å²) in [4.78, 5) is 4.18. The van der Waals surface area contributed by atoms with Crippen molar-refractivity contribution in [2.24, 2.45) is 7.05 Å². The normalized spacial score (nSPS) is 10.5. The van der Waals surface area contributed by atoms with Gasteiger partial charge in [-0.05, 0) is 12.1 Å². The summed E-state index contributed by atoms with van der Waals surface area (Å²) in [6.07, 6.45) is 1.72. The summed E-state index contributed by atoms with van der Waals surface area (Å²) in [7, 11) is 1.78. The highest BCUT2D eigenvalue weighted by Gasteiger charge is 2.11. The Labute approximate surface area is 102 Å². The number of nitrogens with zero attached hydrogens (tertiary/aromatic N) is 5. The molecule has 0 unspecified atom stereocenters. The molecule has 0 saturated heterocycles. The Balaban J connectivity index is 1.82. The van der Waals surface area contributed by atoms with Gasteiger partial charge in [-0.2, -0.15) is 4.98 Å². The predicted molar refractivity (Wildman–Crippen MR) is 64.0 cm³/mol. The summed E-state index contributed by atoms with van der Waals surface area (Å²) in [5.74, 6) is 0.404. The number of hydrogen-bond donors (Lipinski definition) is 1. The smallest absolute Gasteiger partial charge is 0.315 e. The number of benzene rings is 1. The van der Waals surface area contributed by atoms with Crippen LogP contribution in [0.4, 0.5) is 11.7 Å². The van der Waals surface area contributed by atoms with Gasteiger partial charge in [-0.1, -0.05) is 28.6 Å². The zero-order chi connectivity index (χ0) is 12.4. The van der Waals surface area contributed by atoms with E-state index in [2.05, 4.69) is 25.8 Å². The number of rotatable bonds is 3. The summed E-state index contributed by atoms with van der Waals surface area (Å²) in [5, 5.41) is 14.6. The minimum atomic E-state index is 0.321. The van der Waals surface area contributed by atoms with Crippen LogP contribution in [0.2, 0.25) is 0 Å². The molecule has 1 N–H and O–H groups in total. The van der Waals surface area contributed by atoms with Gasteiger partial charge >= 0.3 is 6.01 Å². The monoisotopic (exact) mass is 242 g/mol. The first-order valence-electron chi connectivity index (χ1n) is 5.34. The maximum absolute atomic E-state index is 5.08. The SMILES string of the molecule is Cn1cc(-c2noc(Nc3ccccc3)n2)nn1. The van der Waals surface area contributed by atoms with Gasteiger partial charge in [-0.15, -0.1) is 5.10 Å². The van der Waals surface area contributed by atoms with E-state index >= 15 is 0 Å². The van der Waals surface area contributed by atoms with E-state index in [1.54, 1.807) is 17.9 Å². The van der Waals surface area contributed by atoms with Crippen molar-refractivity contribution in [3.63, 3.8) is 0 Å². The van der Waals surface area contributed by atoms with E-state index in [9.17, 15) is 0 Å². The molecule has 0 aliphatic heterocycles. The van der Waals surface area contributed by atoms with Crippen molar-refractivity contribution in [1.82, 2.24) is 25.1 Å². The van der Waals surface area contributed by atoms with Gasteiger partial charge in [0.15, 0.2) is 5.69 Å². The average molecular weight is 242 g/mol. The van der Waals surface area contributed by atoms with E-state index in [1.165, 1.54) is 0 Å². The fourth-order valence-electron chi connectivity index (χ4n) is 1.47. The quantitative estimate of drug-likeness (QED) is 0.751. The van der Waals surface area contributed by atoms with Gasteiger partial charge < -0.3 is 9.84 Å². The van der Waals surface area contributed by atoms with E-state index in [-0.39, 0.29) is 0 Å². The Bertz CT molecular complexity index is 644. The van der Waals surface area contributed by atoms with Crippen LogP contribution in [0.15, 0.2) is 41.1 Å². The van der Waals surface area contributed by atoms with E-state index in [0.29, 0.717) is 17.5 Å². The molecule has 3 aromatic rings. The third-order valence-corrected chi connectivity index (χ3v) is 2.28. The van der Waals surface area contributed by atoms with E-state index in [1.807, 2.05) is 30.3 Å². The van der Waals surface area contributed by atoms with Gasteiger partial charge in [0.1, 0.15) is 0 Å². The van der Waals surface area contributed by atoms with Crippen LogP contribution in [0.1, 0.15) is 0 Å². The molecule has 0 aliphatic rings. The molecule has 0 radical (unpaired) electrons. The maximum atomic E-state index is 5.08. The standard InChI is InChI=1S/C11H10N6O/c1-17-7-9(14-16-17)10-13-11(18-15-10)12-8-5-3-2-4-6-8/h2-7H,1H3,(H,12,13,15). The van der Waals surface area contributed by atoms with Crippen LogP contribution < -0.4 is 5.32 Å². The fourth-order valence-corrected chi connectivity index (χ4v) is 1.47. The lowest BCUT2D eigenvalue weighted by atomic mass is 10.3. The van der Waals surface area contributed by atoms with E-state index in [0.717, 1.165) is 5.69 Å². The summed E-state index contributed by atoms with van der Waals surface area (Å²) in [6.45, 7) is 0. The molecular weight excluding hydrogens is 232 g/mol. The molecule has 0 amide bonds. The number of aromatic nitrogens is 5. The minimum Gasteiger partial charge on any atom is -0.315 e. The minimum absolute atomic E-state index is 0.321. The lowest BCUT2D eigenvalue weighted by Gasteiger charge is -1.97. The highest BCUT2D eigenvalue weighted by Crippen LogP contribution is 2.17. The molecule has 7 heteroatoms. The lowest BCUT2D eigenvalue weighted by Crippen LogP contribution is -1.89. The van der Waals surface area contributed by atoms with Crippen molar-refractivity contribution >= 4 is 11.7 Å². The average Bonchev–Trinajstić information content (AvgIpc) is 2.99. The topological polar surface area (TPSA) is 81.7 Å². The molecule has 18 heavy (non-hydrogen) atoms. The first-order valence-corrected chi connectivity index (χ1v) is 5.34. The molecule has 0 saturated carbocycles. The molecule has 0 spiro atoms. The molecule has 0 fully saturated rings. The number of nitrogens with one attached hydrogen (secondary N) is 1. The molecule has 90 valence electrons. The van der Waals surface area contributed by atoms with Gasteiger partial charge in [-0.3, -0.25) is 4.68 Å². The molecule has 3 rings (SSSR count). The van der Waals surface area contributed by atoms with Gasteiger partial charge in [0.05, 0.1) is 6.20 Å². The molecule has 0 atom stereocenters. The molecule has 1 aromatic carbocycles. The molecule has 2 heterocycles. The third kappa shape index (κ3) is 2.05. The predicted octanol–water partition coefficient (Wildman–Crippen LogP) is 1.61. The summed E-state index contributed by atoms with van der Waals surface area (Å²) < 4.78 is 6.66. The van der Waals surface area contributed by atoms with E-state index in [4.69, 9.17) is 4.52 Å². The van der Waals surface area contributed by atoms with Crippen LogP contribution in [0.25, 0.3) is 11.5 Å². The highest BCUT2D eigenvalue weighted by molar-refractivity contribution is 5.54. The van der Waals surface area contributed by atoms with Crippen LogP contribution in [-0.4, -0.2) is 25.1 Å². The van der Waals surface area contributed by atoms with Gasteiger partial charge in [-0.25, -0.2) is 0 Å². The Hall–Kier alpha value is -2.70. The summed E-state index contributed by atoms with van der Waals surface area (Å²) >= 11 is 0.